The van der Waals surface area contributed by atoms with E-state index < -0.39 is 5.97 Å². The normalized spacial score (nSPS) is 11.9. The largest absolute Gasteiger partial charge is 0.476 e. The van der Waals surface area contributed by atoms with Crippen molar-refractivity contribution in [2.45, 2.75) is 45.7 Å². The van der Waals surface area contributed by atoms with Crippen molar-refractivity contribution in [3.63, 3.8) is 0 Å². The highest BCUT2D eigenvalue weighted by Gasteiger charge is 2.09. The highest BCUT2D eigenvalue weighted by atomic mass is 16.4. The van der Waals surface area contributed by atoms with Crippen molar-refractivity contribution in [1.29, 1.82) is 0 Å². The summed E-state index contributed by atoms with van der Waals surface area (Å²) >= 11 is 0. The molecule has 0 aliphatic carbocycles. The van der Waals surface area contributed by atoms with Gasteiger partial charge in [0.05, 0.1) is 12.7 Å². The Balaban J connectivity index is 2.22. The molecule has 8 heteroatoms. The van der Waals surface area contributed by atoms with Gasteiger partial charge in [-0.15, -0.1) is 5.10 Å². The van der Waals surface area contributed by atoms with E-state index >= 15 is 0 Å². The van der Waals surface area contributed by atoms with Crippen LogP contribution in [0.3, 0.4) is 0 Å². The lowest BCUT2D eigenvalue weighted by molar-refractivity contribution is 0.0690. The predicted molar refractivity (Wildman–Crippen MR) is 72.5 cm³/mol. The van der Waals surface area contributed by atoms with Gasteiger partial charge in [0.15, 0.2) is 5.69 Å². The number of carbonyl (C=O) groups excluding carboxylic acids is 1. The van der Waals surface area contributed by atoms with Gasteiger partial charge in [0, 0.05) is 12.6 Å². The predicted octanol–water partition coefficient (Wildman–Crippen LogP) is 0.854. The number of aromatic carboxylic acids is 1. The fourth-order valence-electron chi connectivity index (χ4n) is 1.65. The highest BCUT2D eigenvalue weighted by Crippen LogP contribution is 1.98. The second kappa shape index (κ2) is 8.13. The third-order valence-corrected chi connectivity index (χ3v) is 2.75. The summed E-state index contributed by atoms with van der Waals surface area (Å²) in [5.41, 5.74) is -0.109. The number of hydrogen-bond donors (Lipinski definition) is 3. The Labute approximate surface area is 117 Å². The van der Waals surface area contributed by atoms with Gasteiger partial charge in [-0.05, 0) is 13.3 Å². The minimum atomic E-state index is -1.12. The minimum Gasteiger partial charge on any atom is -0.476 e. The summed E-state index contributed by atoms with van der Waals surface area (Å²) in [6.07, 6.45) is 4.46. The molecule has 0 spiro atoms. The Morgan fingerprint density at radius 2 is 2.25 bits per heavy atom. The molecule has 1 heterocycles. The van der Waals surface area contributed by atoms with Crippen LogP contribution in [0.4, 0.5) is 4.79 Å². The molecule has 3 N–H and O–H groups in total. The summed E-state index contributed by atoms with van der Waals surface area (Å²) < 4.78 is 1.38. The molecule has 2 amide bonds. The summed E-state index contributed by atoms with van der Waals surface area (Å²) in [4.78, 5) is 22.2. The van der Waals surface area contributed by atoms with Crippen molar-refractivity contribution < 1.29 is 14.7 Å². The van der Waals surface area contributed by atoms with Gasteiger partial charge < -0.3 is 15.7 Å². The van der Waals surface area contributed by atoms with Gasteiger partial charge in [0.2, 0.25) is 0 Å². The van der Waals surface area contributed by atoms with Crippen molar-refractivity contribution in [2.75, 3.05) is 6.54 Å². The van der Waals surface area contributed by atoms with E-state index in [2.05, 4.69) is 27.9 Å². The lowest BCUT2D eigenvalue weighted by Gasteiger charge is -2.14. The van der Waals surface area contributed by atoms with Crippen molar-refractivity contribution in [3.8, 4) is 0 Å². The molecular formula is C12H21N5O3. The molecule has 112 valence electrons. The second-order valence-corrected chi connectivity index (χ2v) is 4.62. The number of aromatic nitrogens is 3. The average molecular weight is 283 g/mol. The van der Waals surface area contributed by atoms with E-state index in [1.54, 1.807) is 0 Å². The molecule has 0 aromatic carbocycles. The Bertz CT molecular complexity index is 446. The van der Waals surface area contributed by atoms with Crippen molar-refractivity contribution in [3.05, 3.63) is 11.9 Å². The number of unbranched alkanes of at least 4 members (excludes halogenated alkanes) is 1. The summed E-state index contributed by atoms with van der Waals surface area (Å²) in [5.74, 6) is -1.12. The van der Waals surface area contributed by atoms with E-state index in [1.165, 1.54) is 10.9 Å². The topological polar surface area (TPSA) is 109 Å². The molecule has 8 nitrogen and oxygen atoms in total. The number of carbonyl (C=O) groups is 2. The van der Waals surface area contributed by atoms with Crippen LogP contribution >= 0.6 is 0 Å². The van der Waals surface area contributed by atoms with Gasteiger partial charge in [0.1, 0.15) is 0 Å². The SMILES string of the molecule is CCCCC(C)NC(=O)NCCn1cc(C(=O)O)nn1. The first kappa shape index (κ1) is 15.9. The molecule has 20 heavy (non-hydrogen) atoms. The maximum atomic E-state index is 11.6. The summed E-state index contributed by atoms with van der Waals surface area (Å²) in [6.45, 7) is 4.80. The van der Waals surface area contributed by atoms with Crippen LogP contribution < -0.4 is 10.6 Å². The van der Waals surface area contributed by atoms with Gasteiger partial charge >= 0.3 is 12.0 Å². The molecule has 0 saturated carbocycles. The standard InChI is InChI=1S/C12H21N5O3/c1-3-4-5-9(2)14-12(20)13-6-7-17-8-10(11(18)19)15-16-17/h8-9H,3-7H2,1-2H3,(H,18,19)(H2,13,14,20). The smallest absolute Gasteiger partial charge is 0.358 e. The first-order valence-electron chi connectivity index (χ1n) is 6.70. The van der Waals surface area contributed by atoms with E-state index in [-0.39, 0.29) is 17.8 Å². The van der Waals surface area contributed by atoms with E-state index in [4.69, 9.17) is 5.11 Å². The summed E-state index contributed by atoms with van der Waals surface area (Å²) in [6, 6.07) is -0.0906. The van der Waals surface area contributed by atoms with E-state index in [9.17, 15) is 9.59 Å². The van der Waals surface area contributed by atoms with Crippen molar-refractivity contribution in [1.82, 2.24) is 25.6 Å². The highest BCUT2D eigenvalue weighted by molar-refractivity contribution is 5.84. The number of hydrogen-bond acceptors (Lipinski definition) is 4. The minimum absolute atomic E-state index is 0.109. The van der Waals surface area contributed by atoms with Crippen molar-refractivity contribution >= 4 is 12.0 Å². The molecule has 1 atom stereocenters. The summed E-state index contributed by atoms with van der Waals surface area (Å²) in [5, 5.41) is 21.3. The lowest BCUT2D eigenvalue weighted by Crippen LogP contribution is -2.41. The number of amides is 2. The van der Waals surface area contributed by atoms with Crippen LogP contribution in [-0.2, 0) is 6.54 Å². The number of carboxylic acid groups (broad SMARTS) is 1. The average Bonchev–Trinajstić information content (AvgIpc) is 2.85. The van der Waals surface area contributed by atoms with Crippen LogP contribution in [0.1, 0.15) is 43.6 Å². The third kappa shape index (κ3) is 5.68. The molecular weight excluding hydrogens is 262 g/mol. The van der Waals surface area contributed by atoms with Gasteiger partial charge in [0.25, 0.3) is 0 Å². The Morgan fingerprint density at radius 1 is 1.50 bits per heavy atom. The molecule has 1 unspecified atom stereocenters. The Morgan fingerprint density at radius 3 is 2.85 bits per heavy atom. The fraction of sp³-hybridized carbons (Fsp3) is 0.667. The van der Waals surface area contributed by atoms with Gasteiger partial charge in [-0.25, -0.2) is 14.3 Å². The quantitative estimate of drug-likeness (QED) is 0.655. The first-order valence-corrected chi connectivity index (χ1v) is 6.70. The van der Waals surface area contributed by atoms with Crippen molar-refractivity contribution in [2.24, 2.45) is 0 Å². The van der Waals surface area contributed by atoms with Gasteiger partial charge in [-0.1, -0.05) is 25.0 Å². The molecule has 1 aromatic rings. The molecule has 0 saturated heterocycles. The Kier molecular flexibility index (Phi) is 6.48. The van der Waals surface area contributed by atoms with E-state index in [0.29, 0.717) is 13.1 Å². The molecule has 1 aromatic heterocycles. The number of rotatable bonds is 8. The molecule has 0 fully saturated rings. The lowest BCUT2D eigenvalue weighted by atomic mass is 10.1. The van der Waals surface area contributed by atoms with E-state index in [1.807, 2.05) is 6.92 Å². The second-order valence-electron chi connectivity index (χ2n) is 4.62. The zero-order valence-corrected chi connectivity index (χ0v) is 11.8. The molecule has 0 aliphatic rings. The summed E-state index contributed by atoms with van der Waals surface area (Å²) in [7, 11) is 0. The zero-order valence-electron chi connectivity index (χ0n) is 11.8. The number of carboxylic acids is 1. The molecule has 0 aliphatic heterocycles. The maximum Gasteiger partial charge on any atom is 0.358 e. The van der Waals surface area contributed by atoms with Crippen LogP contribution in [0.15, 0.2) is 6.20 Å². The molecule has 0 bridgehead atoms. The van der Waals surface area contributed by atoms with Crippen LogP contribution in [0.2, 0.25) is 0 Å². The number of nitrogens with zero attached hydrogens (tertiary/aromatic N) is 3. The first-order chi connectivity index (χ1) is 9.52. The monoisotopic (exact) mass is 283 g/mol. The fourth-order valence-corrected chi connectivity index (χ4v) is 1.65. The maximum absolute atomic E-state index is 11.6. The van der Waals surface area contributed by atoms with Crippen LogP contribution in [0.5, 0.6) is 0 Å². The van der Waals surface area contributed by atoms with Crippen LogP contribution in [0.25, 0.3) is 0 Å². The van der Waals surface area contributed by atoms with Gasteiger partial charge in [-0.2, -0.15) is 0 Å². The molecule has 1 rings (SSSR count). The number of urea groups is 1. The third-order valence-electron chi connectivity index (χ3n) is 2.75. The Hall–Kier alpha value is -2.12. The van der Waals surface area contributed by atoms with E-state index in [0.717, 1.165) is 19.3 Å². The van der Waals surface area contributed by atoms with Gasteiger partial charge in [-0.3, -0.25) is 0 Å². The molecule has 0 radical (unpaired) electrons. The van der Waals surface area contributed by atoms with Crippen LogP contribution in [0, 0.1) is 0 Å². The number of nitrogens with one attached hydrogen (secondary N) is 2. The zero-order chi connectivity index (χ0) is 15.0. The van der Waals surface area contributed by atoms with Crippen LogP contribution in [-0.4, -0.2) is 44.7 Å².